The standard InChI is InChI=1S/C21H32N2O5/c24-14-19(26)21-20(27)18(25)13-23(10-3-1-2-4-11-28-21)12-15-6-5-7-17-16(15)8-9-22-17/h5-9,18-22,24-27H,1-4,10-14H2/t18-,19+,20+,21+/m0/s1. The summed E-state index contributed by atoms with van der Waals surface area (Å²) in [7, 11) is 0. The van der Waals surface area contributed by atoms with Gasteiger partial charge in [-0.25, -0.2) is 0 Å². The fourth-order valence-corrected chi connectivity index (χ4v) is 3.91. The number of aromatic nitrogens is 1. The number of hydrogen-bond acceptors (Lipinski definition) is 6. The molecule has 1 aromatic carbocycles. The van der Waals surface area contributed by atoms with Gasteiger partial charge in [0.2, 0.25) is 0 Å². The van der Waals surface area contributed by atoms with Crippen molar-refractivity contribution in [3.63, 3.8) is 0 Å². The van der Waals surface area contributed by atoms with Crippen LogP contribution in [0.3, 0.4) is 0 Å². The molecule has 1 aromatic heterocycles. The van der Waals surface area contributed by atoms with Crippen LogP contribution in [0.1, 0.15) is 31.2 Å². The molecule has 4 atom stereocenters. The van der Waals surface area contributed by atoms with Crippen LogP contribution in [0.25, 0.3) is 10.9 Å². The van der Waals surface area contributed by atoms with Gasteiger partial charge in [0.05, 0.1) is 12.7 Å². The highest BCUT2D eigenvalue weighted by atomic mass is 16.5. The van der Waals surface area contributed by atoms with Crippen molar-refractivity contribution >= 4 is 10.9 Å². The lowest BCUT2D eigenvalue weighted by Crippen LogP contribution is -2.51. The van der Waals surface area contributed by atoms with E-state index in [2.05, 4.69) is 16.0 Å². The van der Waals surface area contributed by atoms with Gasteiger partial charge in [0, 0.05) is 36.8 Å². The quantitative estimate of drug-likeness (QED) is 0.531. The molecule has 0 aliphatic carbocycles. The van der Waals surface area contributed by atoms with Crippen molar-refractivity contribution < 1.29 is 25.2 Å². The molecule has 156 valence electrons. The highest BCUT2D eigenvalue weighted by molar-refractivity contribution is 5.82. The Kier molecular flexibility index (Phi) is 7.84. The van der Waals surface area contributed by atoms with Gasteiger partial charge >= 0.3 is 0 Å². The summed E-state index contributed by atoms with van der Waals surface area (Å²) in [6, 6.07) is 8.17. The zero-order valence-electron chi connectivity index (χ0n) is 16.2. The molecule has 1 saturated heterocycles. The average molecular weight is 392 g/mol. The van der Waals surface area contributed by atoms with E-state index in [4.69, 9.17) is 4.74 Å². The van der Waals surface area contributed by atoms with Crippen molar-refractivity contribution in [3.8, 4) is 0 Å². The second-order valence-electron chi connectivity index (χ2n) is 7.65. The fourth-order valence-electron chi connectivity index (χ4n) is 3.91. The van der Waals surface area contributed by atoms with E-state index in [9.17, 15) is 20.4 Å². The largest absolute Gasteiger partial charge is 0.394 e. The number of H-pyrrole nitrogens is 1. The molecule has 0 radical (unpaired) electrons. The van der Waals surface area contributed by atoms with Crippen LogP contribution in [0.2, 0.25) is 0 Å². The van der Waals surface area contributed by atoms with E-state index < -0.39 is 31.0 Å². The maximum atomic E-state index is 10.6. The van der Waals surface area contributed by atoms with Crippen LogP contribution in [0, 0.1) is 0 Å². The van der Waals surface area contributed by atoms with Crippen LogP contribution in [0.15, 0.2) is 30.5 Å². The Balaban J connectivity index is 1.75. The Bertz CT molecular complexity index is 722. The van der Waals surface area contributed by atoms with Crippen molar-refractivity contribution in [1.29, 1.82) is 0 Å². The number of β-amino-alcohol motifs (C(OH)–C–C–N with tert-alkyl or cyclic N) is 1. The number of benzene rings is 1. The molecule has 3 rings (SSSR count). The van der Waals surface area contributed by atoms with Crippen LogP contribution in [0.5, 0.6) is 0 Å². The van der Waals surface area contributed by atoms with Crippen molar-refractivity contribution in [2.45, 2.75) is 56.6 Å². The number of aliphatic hydroxyl groups excluding tert-OH is 4. The van der Waals surface area contributed by atoms with Crippen molar-refractivity contribution in [2.75, 3.05) is 26.3 Å². The lowest BCUT2D eigenvalue weighted by Gasteiger charge is -2.33. The number of nitrogens with one attached hydrogen (secondary N) is 1. The molecule has 1 fully saturated rings. The predicted octanol–water partition coefficient (Wildman–Crippen LogP) is 1.00. The van der Waals surface area contributed by atoms with E-state index in [1.165, 1.54) is 0 Å². The van der Waals surface area contributed by atoms with E-state index in [-0.39, 0.29) is 6.54 Å². The van der Waals surface area contributed by atoms with Crippen LogP contribution < -0.4 is 0 Å². The third kappa shape index (κ3) is 5.31. The first-order valence-corrected chi connectivity index (χ1v) is 10.1. The van der Waals surface area contributed by atoms with Crippen LogP contribution >= 0.6 is 0 Å². The van der Waals surface area contributed by atoms with Crippen LogP contribution in [-0.2, 0) is 11.3 Å². The zero-order valence-corrected chi connectivity index (χ0v) is 16.2. The Morgan fingerprint density at radius 2 is 1.96 bits per heavy atom. The van der Waals surface area contributed by atoms with E-state index >= 15 is 0 Å². The predicted molar refractivity (Wildman–Crippen MR) is 107 cm³/mol. The van der Waals surface area contributed by atoms with Gasteiger partial charge in [-0.2, -0.15) is 0 Å². The lowest BCUT2D eigenvalue weighted by atomic mass is 10.0. The zero-order chi connectivity index (χ0) is 19.9. The van der Waals surface area contributed by atoms with Gasteiger partial charge in [-0.1, -0.05) is 25.0 Å². The second-order valence-corrected chi connectivity index (χ2v) is 7.65. The third-order valence-corrected chi connectivity index (χ3v) is 5.50. The molecule has 28 heavy (non-hydrogen) atoms. The molecule has 0 bridgehead atoms. The topological polar surface area (TPSA) is 109 Å². The SMILES string of the molecule is OC[C@@H](O)[C@H]1OCCCCCCN(Cc2cccc3[nH]ccc23)C[C@H](O)[C@H]1O. The number of ether oxygens (including phenoxy) is 1. The maximum absolute atomic E-state index is 10.6. The van der Waals surface area contributed by atoms with Crippen molar-refractivity contribution in [2.24, 2.45) is 0 Å². The lowest BCUT2D eigenvalue weighted by molar-refractivity contribution is -0.147. The second kappa shape index (κ2) is 10.3. The van der Waals surface area contributed by atoms with E-state index in [0.29, 0.717) is 13.2 Å². The van der Waals surface area contributed by atoms with Gasteiger partial charge in [-0.15, -0.1) is 0 Å². The first-order valence-electron chi connectivity index (χ1n) is 10.1. The fraction of sp³-hybridized carbons (Fsp3) is 0.619. The smallest absolute Gasteiger partial charge is 0.114 e. The first-order chi connectivity index (χ1) is 13.6. The number of rotatable bonds is 4. The minimum atomic E-state index is -1.27. The highest BCUT2D eigenvalue weighted by Gasteiger charge is 2.33. The molecule has 2 heterocycles. The summed E-state index contributed by atoms with van der Waals surface area (Å²) in [4.78, 5) is 5.36. The van der Waals surface area contributed by atoms with E-state index in [0.717, 1.165) is 48.7 Å². The van der Waals surface area contributed by atoms with E-state index in [1.807, 2.05) is 24.4 Å². The number of fused-ring (bicyclic) bond motifs is 1. The summed E-state index contributed by atoms with van der Waals surface area (Å²) in [5, 5.41) is 41.6. The van der Waals surface area contributed by atoms with Gasteiger partial charge in [0.1, 0.15) is 18.3 Å². The number of aromatic amines is 1. The minimum Gasteiger partial charge on any atom is -0.394 e. The monoisotopic (exact) mass is 392 g/mol. The molecule has 1 aliphatic rings. The van der Waals surface area contributed by atoms with E-state index in [1.54, 1.807) is 0 Å². The molecule has 1 aliphatic heterocycles. The molecule has 0 saturated carbocycles. The number of hydrogen-bond donors (Lipinski definition) is 5. The Hall–Kier alpha value is -1.48. The minimum absolute atomic E-state index is 0.264. The van der Waals surface area contributed by atoms with Crippen LogP contribution in [0.4, 0.5) is 0 Å². The average Bonchev–Trinajstić information content (AvgIpc) is 3.18. The first kappa shape index (κ1) is 21.2. The third-order valence-electron chi connectivity index (χ3n) is 5.50. The number of aliphatic hydroxyl groups is 4. The highest BCUT2D eigenvalue weighted by Crippen LogP contribution is 2.21. The Morgan fingerprint density at radius 1 is 1.14 bits per heavy atom. The van der Waals surface area contributed by atoms with Gasteiger partial charge in [-0.05, 0) is 37.1 Å². The maximum Gasteiger partial charge on any atom is 0.114 e. The summed E-state index contributed by atoms with van der Waals surface area (Å²) >= 11 is 0. The summed E-state index contributed by atoms with van der Waals surface area (Å²) in [6.07, 6.45) is 1.21. The van der Waals surface area contributed by atoms with Gasteiger partial charge < -0.3 is 30.1 Å². The molecule has 5 N–H and O–H groups in total. The van der Waals surface area contributed by atoms with Crippen molar-refractivity contribution in [3.05, 3.63) is 36.0 Å². The molecule has 0 amide bonds. The van der Waals surface area contributed by atoms with Gasteiger partial charge in [0.15, 0.2) is 0 Å². The molecule has 2 aromatic rings. The molecule has 0 unspecified atom stereocenters. The summed E-state index contributed by atoms with van der Waals surface area (Å²) < 4.78 is 5.61. The number of nitrogens with zero attached hydrogens (tertiary/aromatic N) is 1. The molecule has 0 spiro atoms. The van der Waals surface area contributed by atoms with Gasteiger partial charge in [-0.3, -0.25) is 4.90 Å². The van der Waals surface area contributed by atoms with Crippen molar-refractivity contribution in [1.82, 2.24) is 9.88 Å². The van der Waals surface area contributed by atoms with Gasteiger partial charge in [0.25, 0.3) is 0 Å². The normalized spacial score (nSPS) is 27.2. The molecule has 7 heteroatoms. The molecular formula is C21H32N2O5. The summed E-state index contributed by atoms with van der Waals surface area (Å²) in [5.41, 5.74) is 2.24. The Labute approximate surface area is 165 Å². The van der Waals surface area contributed by atoms with Crippen LogP contribution in [-0.4, -0.2) is 81.0 Å². The Morgan fingerprint density at radius 3 is 2.79 bits per heavy atom. The molecule has 7 nitrogen and oxygen atoms in total. The molecular weight excluding hydrogens is 360 g/mol. The summed E-state index contributed by atoms with van der Waals surface area (Å²) in [6.45, 7) is 1.62. The summed E-state index contributed by atoms with van der Waals surface area (Å²) in [5.74, 6) is 0.